The lowest BCUT2D eigenvalue weighted by molar-refractivity contribution is -0.143. The average molecular weight is 798 g/mol. The van der Waals surface area contributed by atoms with E-state index in [9.17, 15) is 50.2 Å². The van der Waals surface area contributed by atoms with E-state index >= 15 is 4.79 Å². The molecule has 4 aromatic rings. The Morgan fingerprint density at radius 1 is 0.768 bits per heavy atom. The first-order valence-corrected chi connectivity index (χ1v) is 17.6. The summed E-state index contributed by atoms with van der Waals surface area (Å²) in [5.74, 6) is -10.4. The Bertz CT molecular complexity index is 2320. The molecule has 4 aromatic carbocycles. The number of amides is 4. The Morgan fingerprint density at radius 3 is 2.02 bits per heavy atom. The quantitative estimate of drug-likeness (QED) is 0.119. The van der Waals surface area contributed by atoms with Crippen molar-refractivity contribution in [3.63, 3.8) is 0 Å². The van der Waals surface area contributed by atoms with Crippen LogP contribution < -0.4 is 10.3 Å². The van der Waals surface area contributed by atoms with Crippen LogP contribution in [0.15, 0.2) is 103 Å². The summed E-state index contributed by atoms with van der Waals surface area (Å²) >= 11 is 6.27. The summed E-state index contributed by atoms with van der Waals surface area (Å²) in [5.41, 5.74) is -2.08. The topological polar surface area (TPSA) is 107 Å². The lowest BCUT2D eigenvalue weighted by Gasteiger charge is -2.50. The first kappa shape index (κ1) is 37.2. The molecule has 0 bridgehead atoms. The highest BCUT2D eigenvalue weighted by atomic mass is 35.5. The number of alkyl halides is 6. The lowest BCUT2D eigenvalue weighted by atomic mass is 9.49. The van der Waals surface area contributed by atoms with Crippen LogP contribution >= 0.6 is 11.6 Å². The van der Waals surface area contributed by atoms with Gasteiger partial charge in [0.2, 0.25) is 11.8 Å². The fraction of sp³-hybridized carbons (Fsp3) is 0.250. The van der Waals surface area contributed by atoms with Crippen molar-refractivity contribution >= 4 is 46.6 Å². The molecule has 1 saturated carbocycles. The predicted molar refractivity (Wildman–Crippen MR) is 186 cm³/mol. The summed E-state index contributed by atoms with van der Waals surface area (Å²) in [6.07, 6.45) is -9.31. The minimum absolute atomic E-state index is 0.104. The number of anilines is 2. The van der Waals surface area contributed by atoms with E-state index in [1.807, 2.05) is 0 Å². The first-order chi connectivity index (χ1) is 26.4. The maximum Gasteiger partial charge on any atom is 0.416 e. The van der Waals surface area contributed by atoms with Crippen LogP contribution in [0.1, 0.15) is 41.0 Å². The number of phenols is 1. The highest BCUT2D eigenvalue weighted by molar-refractivity contribution is 6.30. The number of imide groups is 2. The Hall–Kier alpha value is -5.70. The van der Waals surface area contributed by atoms with Crippen molar-refractivity contribution in [3.8, 4) is 5.75 Å². The molecule has 0 spiro atoms. The molecule has 0 unspecified atom stereocenters. The van der Waals surface area contributed by atoms with Gasteiger partial charge in [-0.25, -0.2) is 9.29 Å². The third-order valence-corrected chi connectivity index (χ3v) is 11.5. The maximum atomic E-state index is 15.1. The van der Waals surface area contributed by atoms with E-state index in [-0.39, 0.29) is 30.3 Å². The molecule has 8 nitrogen and oxygen atoms in total. The van der Waals surface area contributed by atoms with Crippen LogP contribution in [0.25, 0.3) is 0 Å². The van der Waals surface area contributed by atoms with Crippen molar-refractivity contribution in [2.45, 2.75) is 36.5 Å². The molecule has 16 heteroatoms. The fourth-order valence-electron chi connectivity index (χ4n) is 9.06. The molecule has 8 rings (SSSR count). The number of allylic oxidation sites excluding steroid dienone is 2. The number of hydrazine groups is 1. The molecule has 2 aliphatic heterocycles. The van der Waals surface area contributed by atoms with Gasteiger partial charge >= 0.3 is 12.4 Å². The van der Waals surface area contributed by atoms with Gasteiger partial charge in [0.25, 0.3) is 11.8 Å². The van der Waals surface area contributed by atoms with Crippen molar-refractivity contribution in [3.05, 3.63) is 136 Å². The third kappa shape index (κ3) is 5.73. The molecule has 56 heavy (non-hydrogen) atoms. The summed E-state index contributed by atoms with van der Waals surface area (Å²) in [7, 11) is 0. The zero-order valence-electron chi connectivity index (χ0n) is 28.5. The molecule has 2 N–H and O–H groups in total. The van der Waals surface area contributed by atoms with E-state index in [0.29, 0.717) is 38.8 Å². The molecule has 3 fully saturated rings. The van der Waals surface area contributed by atoms with Gasteiger partial charge in [0.05, 0.1) is 45.7 Å². The monoisotopic (exact) mass is 797 g/mol. The molecular weight excluding hydrogens is 771 g/mol. The van der Waals surface area contributed by atoms with Crippen LogP contribution in [0.5, 0.6) is 5.75 Å². The molecule has 4 aliphatic rings. The number of hydrogen-bond acceptors (Lipinski definition) is 6. The molecule has 0 aromatic heterocycles. The standard InChI is InChI=1S/C40H27ClF7N3O5/c41-23-6-4-20(5-7-23)38-31(35(54)51(37(38)56)49-25-10-8-24(42)9-11-25)18-30-28(33(38)19-2-1-3-27(52)14-19)12-13-29-32(30)36(55)50(34(29)53)26-16-21(39(43,44)45)15-22(17-26)40(46,47)48/h1-12,14-17,29-33,49,52H,13,18H2/t29-,30+,31-,32-,33-,38+/m0/s1. The highest BCUT2D eigenvalue weighted by Gasteiger charge is 2.70. The zero-order valence-corrected chi connectivity index (χ0v) is 29.3. The average Bonchev–Trinajstić information content (AvgIpc) is 3.52. The number of carbonyl (C=O) groups excluding carboxylic acids is 4. The van der Waals surface area contributed by atoms with Crippen LogP contribution in [0.3, 0.4) is 0 Å². The molecule has 2 heterocycles. The van der Waals surface area contributed by atoms with Crippen LogP contribution in [-0.2, 0) is 36.9 Å². The van der Waals surface area contributed by atoms with Gasteiger partial charge in [-0.15, -0.1) is 0 Å². The second-order valence-electron chi connectivity index (χ2n) is 14.2. The highest BCUT2D eigenvalue weighted by Crippen LogP contribution is 2.64. The Morgan fingerprint density at radius 2 is 1.41 bits per heavy atom. The molecular formula is C40H27ClF7N3O5. The van der Waals surface area contributed by atoms with Crippen molar-refractivity contribution in [1.29, 1.82) is 0 Å². The number of halogens is 8. The van der Waals surface area contributed by atoms with Crippen LogP contribution in [-0.4, -0.2) is 33.7 Å². The molecule has 2 saturated heterocycles. The Kier molecular flexibility index (Phi) is 8.60. The SMILES string of the molecule is O=C1[C@@H]2C[C@@H]3C(=CC[C@@H]4C(=O)N(c5cc(C(F)(F)F)cc(C(F)(F)F)c5)C(=O)[C@@H]43)[C@H](c3cccc(O)c3)[C@]2(c2ccc(Cl)cc2)C(=O)N1Nc1ccc(F)cc1. The number of nitrogens with zero attached hydrogens (tertiary/aromatic N) is 2. The van der Waals surface area contributed by atoms with Crippen molar-refractivity contribution in [2.75, 3.05) is 10.3 Å². The second kappa shape index (κ2) is 12.9. The number of carbonyl (C=O) groups is 4. The van der Waals surface area contributed by atoms with E-state index in [0.717, 1.165) is 17.1 Å². The summed E-state index contributed by atoms with van der Waals surface area (Å²) in [4.78, 5) is 58.6. The Balaban J connectivity index is 1.30. The van der Waals surface area contributed by atoms with Gasteiger partial charge in [-0.2, -0.15) is 31.4 Å². The summed E-state index contributed by atoms with van der Waals surface area (Å²) in [5, 5.41) is 11.8. The summed E-state index contributed by atoms with van der Waals surface area (Å²) in [6.45, 7) is 0. The number of fused-ring (bicyclic) bond motifs is 4. The minimum atomic E-state index is -5.25. The van der Waals surface area contributed by atoms with E-state index in [1.165, 1.54) is 42.5 Å². The molecule has 6 atom stereocenters. The number of phenolic OH excluding ortho intramolecular Hbond substituents is 1. The molecule has 0 radical (unpaired) electrons. The van der Waals surface area contributed by atoms with Gasteiger partial charge in [-0.1, -0.05) is 47.5 Å². The Labute approximate surface area is 318 Å². The summed E-state index contributed by atoms with van der Waals surface area (Å²) < 4.78 is 97.1. The van der Waals surface area contributed by atoms with Gasteiger partial charge in [0, 0.05) is 10.9 Å². The molecule has 288 valence electrons. The van der Waals surface area contributed by atoms with Crippen LogP contribution in [0.2, 0.25) is 5.02 Å². The van der Waals surface area contributed by atoms with E-state index in [4.69, 9.17) is 11.6 Å². The third-order valence-electron chi connectivity index (χ3n) is 11.3. The largest absolute Gasteiger partial charge is 0.508 e. The fourth-order valence-corrected chi connectivity index (χ4v) is 9.18. The van der Waals surface area contributed by atoms with Crippen molar-refractivity contribution in [1.82, 2.24) is 5.01 Å². The van der Waals surface area contributed by atoms with Gasteiger partial charge in [-0.05, 0) is 96.6 Å². The molecule has 2 aliphatic carbocycles. The van der Waals surface area contributed by atoms with Crippen molar-refractivity contribution < 1.29 is 55.0 Å². The van der Waals surface area contributed by atoms with Crippen molar-refractivity contribution in [2.24, 2.45) is 23.7 Å². The van der Waals surface area contributed by atoms with E-state index in [1.54, 1.807) is 24.3 Å². The number of aromatic hydroxyl groups is 1. The minimum Gasteiger partial charge on any atom is -0.508 e. The first-order valence-electron chi connectivity index (χ1n) is 17.2. The maximum absolute atomic E-state index is 15.1. The smallest absolute Gasteiger partial charge is 0.416 e. The van der Waals surface area contributed by atoms with Gasteiger partial charge < -0.3 is 5.11 Å². The zero-order chi connectivity index (χ0) is 40.1. The number of benzene rings is 4. The normalized spacial score (nSPS) is 26.2. The van der Waals surface area contributed by atoms with Gasteiger partial charge in [0.15, 0.2) is 0 Å². The lowest BCUT2D eigenvalue weighted by Crippen LogP contribution is -2.53. The predicted octanol–water partition coefficient (Wildman–Crippen LogP) is 8.41. The second-order valence-corrected chi connectivity index (χ2v) is 14.7. The number of rotatable bonds is 5. The van der Waals surface area contributed by atoms with Gasteiger partial charge in [0.1, 0.15) is 11.6 Å². The molecule has 4 amide bonds. The van der Waals surface area contributed by atoms with Crippen LogP contribution in [0.4, 0.5) is 42.1 Å². The van der Waals surface area contributed by atoms with E-state index < -0.39 is 93.6 Å². The number of hydrogen-bond donors (Lipinski definition) is 2. The van der Waals surface area contributed by atoms with E-state index in [2.05, 4.69) is 5.43 Å². The van der Waals surface area contributed by atoms with Crippen LogP contribution in [0, 0.1) is 29.5 Å². The summed E-state index contributed by atoms with van der Waals surface area (Å²) in [6, 6.07) is 17.4. The van der Waals surface area contributed by atoms with Gasteiger partial charge in [-0.3, -0.25) is 24.6 Å². The number of nitrogens with one attached hydrogen (secondary N) is 1.